The minimum atomic E-state index is -0.907. The van der Waals surface area contributed by atoms with E-state index in [-0.39, 0.29) is 11.3 Å². The molecular formula is C11H12BrClN6O2. The molecule has 1 amide bonds. The summed E-state index contributed by atoms with van der Waals surface area (Å²) in [5.41, 5.74) is 0.585. The zero-order chi connectivity index (χ0) is 15.1. The smallest absolute Gasteiger partial charge is 0.407 e. The van der Waals surface area contributed by atoms with Gasteiger partial charge in [-0.05, 0) is 34.5 Å². The van der Waals surface area contributed by atoms with Crippen LogP contribution in [0.4, 0.5) is 10.6 Å². The third-order valence-corrected chi connectivity index (χ3v) is 4.15. The van der Waals surface area contributed by atoms with Crippen molar-refractivity contribution in [2.24, 2.45) is 0 Å². The monoisotopic (exact) mass is 374 g/mol. The molecule has 2 aromatic heterocycles. The molecule has 0 aromatic carbocycles. The van der Waals surface area contributed by atoms with Gasteiger partial charge >= 0.3 is 6.09 Å². The highest BCUT2D eigenvalue weighted by Gasteiger charge is 2.29. The van der Waals surface area contributed by atoms with Gasteiger partial charge in [-0.25, -0.2) is 14.3 Å². The molecule has 1 atom stereocenters. The number of imidazole rings is 1. The Morgan fingerprint density at radius 2 is 2.29 bits per heavy atom. The van der Waals surface area contributed by atoms with Crippen molar-refractivity contribution in [3.63, 3.8) is 0 Å². The number of aromatic nitrogens is 4. The Bertz CT molecular complexity index is 707. The Hall–Kier alpha value is -1.61. The molecule has 1 aliphatic heterocycles. The van der Waals surface area contributed by atoms with Gasteiger partial charge < -0.3 is 14.9 Å². The quantitative estimate of drug-likeness (QED) is 0.817. The normalized spacial score (nSPS) is 19.3. The molecule has 0 spiro atoms. The molecule has 1 fully saturated rings. The highest BCUT2D eigenvalue weighted by molar-refractivity contribution is 9.10. The van der Waals surface area contributed by atoms with Crippen LogP contribution in [0, 0.1) is 0 Å². The van der Waals surface area contributed by atoms with Gasteiger partial charge in [0, 0.05) is 25.7 Å². The van der Waals surface area contributed by atoms with Crippen LogP contribution in [0.2, 0.25) is 5.28 Å². The molecule has 1 saturated heterocycles. The zero-order valence-corrected chi connectivity index (χ0v) is 13.4. The average molecular weight is 376 g/mol. The second kappa shape index (κ2) is 5.30. The van der Waals surface area contributed by atoms with E-state index >= 15 is 0 Å². The number of rotatable bonds is 1. The number of fused-ring (bicyclic) bond motifs is 1. The summed E-state index contributed by atoms with van der Waals surface area (Å²) in [5.74, 6) is 0.609. The molecule has 3 rings (SSSR count). The maximum absolute atomic E-state index is 11.1. The number of nitrogens with zero attached hydrogens (tertiary/aromatic N) is 6. The van der Waals surface area contributed by atoms with Crippen LogP contribution in [0.1, 0.15) is 6.92 Å². The standard InChI is InChI=1S/C11H12BrClN6O2/c1-6-5-17(11(20)21)2-3-18(6)9-8-14-4-7(12)19(8)16-10(13)15-9/h4,6H,2-3,5H2,1H3,(H,20,21). The number of carbonyl (C=O) groups is 1. The van der Waals surface area contributed by atoms with Crippen molar-refractivity contribution >= 4 is 45.1 Å². The minimum absolute atomic E-state index is 0.0277. The van der Waals surface area contributed by atoms with Gasteiger partial charge in [0.2, 0.25) is 5.28 Å². The van der Waals surface area contributed by atoms with Crippen molar-refractivity contribution in [3.05, 3.63) is 16.1 Å². The molecule has 0 bridgehead atoms. The number of piperazine rings is 1. The van der Waals surface area contributed by atoms with E-state index in [0.29, 0.717) is 35.7 Å². The summed E-state index contributed by atoms with van der Waals surface area (Å²) in [6, 6.07) is -0.0277. The summed E-state index contributed by atoms with van der Waals surface area (Å²) in [4.78, 5) is 23.0. The summed E-state index contributed by atoms with van der Waals surface area (Å²) >= 11 is 9.33. The predicted molar refractivity (Wildman–Crippen MR) is 79.9 cm³/mol. The molecule has 3 heterocycles. The summed E-state index contributed by atoms with van der Waals surface area (Å²) in [6.45, 7) is 3.29. The summed E-state index contributed by atoms with van der Waals surface area (Å²) in [5, 5.41) is 13.3. The number of amides is 1. The second-order valence-electron chi connectivity index (χ2n) is 4.79. The first kappa shape index (κ1) is 14.3. The van der Waals surface area contributed by atoms with E-state index in [2.05, 4.69) is 31.0 Å². The molecule has 8 nitrogen and oxygen atoms in total. The number of hydrogen-bond donors (Lipinski definition) is 1. The fourth-order valence-corrected chi connectivity index (χ4v) is 2.96. The van der Waals surface area contributed by atoms with E-state index in [1.54, 1.807) is 10.7 Å². The van der Waals surface area contributed by atoms with Gasteiger partial charge in [-0.15, -0.1) is 5.10 Å². The molecule has 112 valence electrons. The van der Waals surface area contributed by atoms with E-state index in [0.717, 1.165) is 0 Å². The molecule has 21 heavy (non-hydrogen) atoms. The van der Waals surface area contributed by atoms with Crippen LogP contribution in [0.5, 0.6) is 0 Å². The lowest BCUT2D eigenvalue weighted by Gasteiger charge is -2.39. The van der Waals surface area contributed by atoms with E-state index in [1.807, 2.05) is 11.8 Å². The van der Waals surface area contributed by atoms with Crippen LogP contribution >= 0.6 is 27.5 Å². The van der Waals surface area contributed by atoms with Crippen molar-refractivity contribution < 1.29 is 9.90 Å². The van der Waals surface area contributed by atoms with Gasteiger partial charge in [0.25, 0.3) is 0 Å². The van der Waals surface area contributed by atoms with Gasteiger partial charge in [0.15, 0.2) is 11.5 Å². The van der Waals surface area contributed by atoms with Crippen molar-refractivity contribution in [1.29, 1.82) is 0 Å². The van der Waals surface area contributed by atoms with Crippen LogP contribution < -0.4 is 4.90 Å². The van der Waals surface area contributed by atoms with Gasteiger partial charge in [0.1, 0.15) is 4.60 Å². The third kappa shape index (κ3) is 2.51. The lowest BCUT2D eigenvalue weighted by Crippen LogP contribution is -2.53. The molecule has 0 radical (unpaired) electrons. The highest BCUT2D eigenvalue weighted by Crippen LogP contribution is 2.25. The Morgan fingerprint density at radius 3 is 2.95 bits per heavy atom. The molecule has 1 unspecified atom stereocenters. The number of halogens is 2. The number of anilines is 1. The first-order valence-corrected chi connectivity index (χ1v) is 7.45. The third-order valence-electron chi connectivity index (χ3n) is 3.45. The molecule has 10 heteroatoms. The fourth-order valence-electron chi connectivity index (χ4n) is 2.45. The SMILES string of the molecule is CC1CN(C(=O)O)CCN1c1nc(Cl)nn2c(Br)cnc12. The Kier molecular flexibility index (Phi) is 3.62. The van der Waals surface area contributed by atoms with Gasteiger partial charge in [-0.3, -0.25) is 0 Å². The molecule has 1 N–H and O–H groups in total. The van der Waals surface area contributed by atoms with E-state index in [1.165, 1.54) is 4.90 Å². The summed E-state index contributed by atoms with van der Waals surface area (Å²) < 4.78 is 2.25. The Balaban J connectivity index is 1.99. The van der Waals surface area contributed by atoms with Crippen LogP contribution in [0.25, 0.3) is 5.65 Å². The van der Waals surface area contributed by atoms with Crippen LogP contribution in [0.3, 0.4) is 0 Å². The predicted octanol–water partition coefficient (Wildman–Crippen LogP) is 1.73. The molecule has 1 aliphatic rings. The lowest BCUT2D eigenvalue weighted by atomic mass is 10.2. The van der Waals surface area contributed by atoms with Crippen LogP contribution in [-0.4, -0.2) is 61.4 Å². The average Bonchev–Trinajstić information content (AvgIpc) is 2.79. The summed E-state index contributed by atoms with van der Waals surface area (Å²) in [6.07, 6.45) is 0.720. The van der Waals surface area contributed by atoms with Crippen LogP contribution in [0.15, 0.2) is 10.8 Å². The number of hydrogen-bond acceptors (Lipinski definition) is 5. The minimum Gasteiger partial charge on any atom is -0.465 e. The van der Waals surface area contributed by atoms with Gasteiger partial charge in [0.05, 0.1) is 6.20 Å². The van der Waals surface area contributed by atoms with Crippen molar-refractivity contribution in [1.82, 2.24) is 24.5 Å². The first-order valence-electron chi connectivity index (χ1n) is 6.28. The van der Waals surface area contributed by atoms with Gasteiger partial charge in [-0.1, -0.05) is 0 Å². The van der Waals surface area contributed by atoms with E-state index in [4.69, 9.17) is 16.7 Å². The van der Waals surface area contributed by atoms with Crippen molar-refractivity contribution in [3.8, 4) is 0 Å². The summed E-state index contributed by atoms with van der Waals surface area (Å²) in [7, 11) is 0. The maximum atomic E-state index is 11.1. The Labute approximate surface area is 133 Å². The van der Waals surface area contributed by atoms with Crippen molar-refractivity contribution in [2.45, 2.75) is 13.0 Å². The fraction of sp³-hybridized carbons (Fsp3) is 0.455. The van der Waals surface area contributed by atoms with E-state index < -0.39 is 6.09 Å². The topological polar surface area (TPSA) is 86.9 Å². The number of carboxylic acid groups (broad SMARTS) is 1. The zero-order valence-electron chi connectivity index (χ0n) is 11.1. The Morgan fingerprint density at radius 1 is 1.52 bits per heavy atom. The molecule has 0 aliphatic carbocycles. The maximum Gasteiger partial charge on any atom is 0.407 e. The van der Waals surface area contributed by atoms with Crippen molar-refractivity contribution in [2.75, 3.05) is 24.5 Å². The first-order chi connectivity index (χ1) is 9.97. The van der Waals surface area contributed by atoms with Crippen LogP contribution in [-0.2, 0) is 0 Å². The largest absolute Gasteiger partial charge is 0.465 e. The highest BCUT2D eigenvalue weighted by atomic mass is 79.9. The van der Waals surface area contributed by atoms with Gasteiger partial charge in [-0.2, -0.15) is 4.98 Å². The molecular weight excluding hydrogens is 364 g/mol. The molecule has 2 aromatic rings. The van der Waals surface area contributed by atoms with E-state index in [9.17, 15) is 4.79 Å². The lowest BCUT2D eigenvalue weighted by molar-refractivity contribution is 0.136. The second-order valence-corrected chi connectivity index (χ2v) is 5.94. The molecule has 0 saturated carbocycles.